The lowest BCUT2D eigenvalue weighted by atomic mass is 10.1. The number of anilines is 1. The minimum atomic E-state index is -0.540. The van der Waals surface area contributed by atoms with Gasteiger partial charge in [-0.05, 0) is 31.2 Å². The molecule has 1 aromatic carbocycles. The van der Waals surface area contributed by atoms with Gasteiger partial charge in [0.2, 0.25) is 0 Å². The zero-order chi connectivity index (χ0) is 15.4. The number of carbonyl (C=O) groups excluding carboxylic acids is 1. The Bertz CT molecular complexity index is 737. The second-order valence-electron chi connectivity index (χ2n) is 4.44. The second kappa shape index (κ2) is 6.11. The van der Waals surface area contributed by atoms with Gasteiger partial charge in [-0.3, -0.25) is 9.78 Å². The number of aromatic nitrogens is 1. The quantitative estimate of drug-likeness (QED) is 0.903. The third kappa shape index (κ3) is 3.22. The molecule has 0 saturated carbocycles. The fourth-order valence-corrected chi connectivity index (χ4v) is 1.80. The molecule has 0 bridgehead atoms. The van der Waals surface area contributed by atoms with Crippen molar-refractivity contribution in [3.05, 3.63) is 58.7 Å². The molecular weight excluding hydrogens is 271 g/mol. The smallest absolute Gasteiger partial charge is 0.255 e. The van der Waals surface area contributed by atoms with Gasteiger partial charge >= 0.3 is 0 Å². The van der Waals surface area contributed by atoms with Crippen molar-refractivity contribution < 1.29 is 9.18 Å². The number of hydrogen-bond donors (Lipinski definition) is 2. The van der Waals surface area contributed by atoms with Gasteiger partial charge in [-0.15, -0.1) is 0 Å². The van der Waals surface area contributed by atoms with E-state index in [1.165, 1.54) is 25.3 Å². The summed E-state index contributed by atoms with van der Waals surface area (Å²) in [7, 11) is 0. The third-order valence-corrected chi connectivity index (χ3v) is 3.01. The van der Waals surface area contributed by atoms with Gasteiger partial charge in [0.1, 0.15) is 5.82 Å². The van der Waals surface area contributed by atoms with Gasteiger partial charge < -0.3 is 11.1 Å². The number of benzene rings is 1. The maximum atomic E-state index is 13.7. The number of nitriles is 1. The molecule has 5 nitrogen and oxygen atoms in total. The van der Waals surface area contributed by atoms with Crippen molar-refractivity contribution in [1.29, 1.82) is 5.26 Å². The van der Waals surface area contributed by atoms with Crippen LogP contribution in [0.25, 0.3) is 0 Å². The Morgan fingerprint density at radius 3 is 2.90 bits per heavy atom. The van der Waals surface area contributed by atoms with E-state index in [0.29, 0.717) is 11.3 Å². The number of carbonyl (C=O) groups is 1. The molecule has 2 rings (SSSR count). The first-order valence-electron chi connectivity index (χ1n) is 6.21. The summed E-state index contributed by atoms with van der Waals surface area (Å²) in [6.45, 7) is 1.75. The minimum absolute atomic E-state index is 0.144. The SMILES string of the molecule is Cc1c(F)cc(C#N)cc1NC(=O)c1ccnc(CN)c1. The predicted molar refractivity (Wildman–Crippen MR) is 75.9 cm³/mol. The normalized spacial score (nSPS) is 10.0. The average Bonchev–Trinajstić information content (AvgIpc) is 2.51. The molecule has 3 N–H and O–H groups in total. The summed E-state index contributed by atoms with van der Waals surface area (Å²) in [6, 6.07) is 7.51. The van der Waals surface area contributed by atoms with Crippen LogP contribution in [0.3, 0.4) is 0 Å². The molecule has 0 atom stereocenters. The number of rotatable bonds is 3. The van der Waals surface area contributed by atoms with E-state index in [0.717, 1.165) is 6.07 Å². The third-order valence-electron chi connectivity index (χ3n) is 3.01. The lowest BCUT2D eigenvalue weighted by Gasteiger charge is -2.10. The van der Waals surface area contributed by atoms with Gasteiger partial charge in [-0.1, -0.05) is 0 Å². The van der Waals surface area contributed by atoms with Crippen LogP contribution in [0.4, 0.5) is 10.1 Å². The highest BCUT2D eigenvalue weighted by molar-refractivity contribution is 6.04. The van der Waals surface area contributed by atoms with E-state index < -0.39 is 11.7 Å². The summed E-state index contributed by atoms with van der Waals surface area (Å²) in [5.41, 5.74) is 7.11. The Morgan fingerprint density at radius 2 is 2.24 bits per heavy atom. The molecular formula is C15H13FN4O. The van der Waals surface area contributed by atoms with E-state index in [1.807, 2.05) is 6.07 Å². The molecule has 0 aliphatic rings. The average molecular weight is 284 g/mol. The molecule has 106 valence electrons. The minimum Gasteiger partial charge on any atom is -0.325 e. The Hall–Kier alpha value is -2.78. The van der Waals surface area contributed by atoms with Crippen LogP contribution in [0.15, 0.2) is 30.5 Å². The highest BCUT2D eigenvalue weighted by Gasteiger charge is 2.12. The van der Waals surface area contributed by atoms with E-state index >= 15 is 0 Å². The number of amides is 1. The molecule has 0 radical (unpaired) electrons. The number of halogens is 1. The van der Waals surface area contributed by atoms with Crippen LogP contribution in [0.2, 0.25) is 0 Å². The Balaban J connectivity index is 2.31. The number of nitrogens with two attached hydrogens (primary N) is 1. The first-order chi connectivity index (χ1) is 10.0. The van der Waals surface area contributed by atoms with Crippen LogP contribution >= 0.6 is 0 Å². The van der Waals surface area contributed by atoms with Crippen LogP contribution in [-0.2, 0) is 6.54 Å². The number of nitrogens with one attached hydrogen (secondary N) is 1. The van der Waals surface area contributed by atoms with Crippen LogP contribution in [0.1, 0.15) is 27.2 Å². The first kappa shape index (κ1) is 14.6. The second-order valence-corrected chi connectivity index (χ2v) is 4.44. The van der Waals surface area contributed by atoms with Crippen molar-refractivity contribution >= 4 is 11.6 Å². The standard InChI is InChI=1S/C15H13FN4O/c1-9-13(16)4-10(7-17)5-14(9)20-15(21)11-2-3-19-12(6-11)8-18/h2-6H,8,18H2,1H3,(H,20,21). The molecule has 0 unspecified atom stereocenters. The van der Waals surface area contributed by atoms with Gasteiger partial charge in [0.25, 0.3) is 5.91 Å². The fourth-order valence-electron chi connectivity index (χ4n) is 1.80. The van der Waals surface area contributed by atoms with Crippen LogP contribution in [-0.4, -0.2) is 10.9 Å². The Morgan fingerprint density at radius 1 is 1.48 bits per heavy atom. The van der Waals surface area contributed by atoms with E-state index in [-0.39, 0.29) is 23.4 Å². The summed E-state index contributed by atoms with van der Waals surface area (Å²) in [5, 5.41) is 11.4. The summed E-state index contributed by atoms with van der Waals surface area (Å²) >= 11 is 0. The molecule has 2 aromatic rings. The maximum Gasteiger partial charge on any atom is 0.255 e. The fraction of sp³-hybridized carbons (Fsp3) is 0.133. The van der Waals surface area contributed by atoms with Crippen molar-refractivity contribution in [3.63, 3.8) is 0 Å². The van der Waals surface area contributed by atoms with Gasteiger partial charge in [0.15, 0.2) is 0 Å². The molecule has 6 heteroatoms. The van der Waals surface area contributed by atoms with Crippen LogP contribution in [0.5, 0.6) is 0 Å². The van der Waals surface area contributed by atoms with E-state index in [4.69, 9.17) is 11.0 Å². The first-order valence-corrected chi connectivity index (χ1v) is 6.21. The molecule has 1 amide bonds. The number of hydrogen-bond acceptors (Lipinski definition) is 4. The monoisotopic (exact) mass is 284 g/mol. The lowest BCUT2D eigenvalue weighted by Crippen LogP contribution is -2.14. The summed E-state index contributed by atoms with van der Waals surface area (Å²) in [4.78, 5) is 16.2. The molecule has 0 spiro atoms. The van der Waals surface area contributed by atoms with Gasteiger partial charge in [-0.2, -0.15) is 5.26 Å². The molecule has 0 fully saturated rings. The predicted octanol–water partition coefficient (Wildman–Crippen LogP) is 2.11. The van der Waals surface area contributed by atoms with E-state index in [2.05, 4.69) is 10.3 Å². The number of nitrogens with zero attached hydrogens (tertiary/aromatic N) is 2. The summed E-state index contributed by atoms with van der Waals surface area (Å²) in [5.74, 6) is -0.952. The molecule has 1 aromatic heterocycles. The highest BCUT2D eigenvalue weighted by Crippen LogP contribution is 2.21. The molecule has 0 aliphatic carbocycles. The molecule has 0 saturated heterocycles. The van der Waals surface area contributed by atoms with Crippen molar-refractivity contribution in [1.82, 2.24) is 4.98 Å². The topological polar surface area (TPSA) is 91.8 Å². The van der Waals surface area contributed by atoms with E-state index in [1.54, 1.807) is 6.07 Å². The zero-order valence-corrected chi connectivity index (χ0v) is 11.4. The number of pyridine rings is 1. The van der Waals surface area contributed by atoms with Crippen LogP contribution < -0.4 is 11.1 Å². The molecule has 0 aliphatic heterocycles. The van der Waals surface area contributed by atoms with Crippen molar-refractivity contribution in [2.24, 2.45) is 5.73 Å². The Kier molecular flexibility index (Phi) is 4.26. The summed E-state index contributed by atoms with van der Waals surface area (Å²) < 4.78 is 13.7. The lowest BCUT2D eigenvalue weighted by molar-refractivity contribution is 0.102. The van der Waals surface area contributed by atoms with Crippen molar-refractivity contribution in [2.75, 3.05) is 5.32 Å². The highest BCUT2D eigenvalue weighted by atomic mass is 19.1. The molecule has 1 heterocycles. The van der Waals surface area contributed by atoms with Crippen LogP contribution in [0, 0.1) is 24.1 Å². The van der Waals surface area contributed by atoms with Gasteiger partial charge in [0, 0.05) is 29.6 Å². The Labute approximate surface area is 121 Å². The van der Waals surface area contributed by atoms with Crippen molar-refractivity contribution in [2.45, 2.75) is 13.5 Å². The maximum absolute atomic E-state index is 13.7. The van der Waals surface area contributed by atoms with E-state index in [9.17, 15) is 9.18 Å². The summed E-state index contributed by atoms with van der Waals surface area (Å²) in [6.07, 6.45) is 1.48. The van der Waals surface area contributed by atoms with Crippen molar-refractivity contribution in [3.8, 4) is 6.07 Å². The van der Waals surface area contributed by atoms with Gasteiger partial charge in [-0.25, -0.2) is 4.39 Å². The largest absolute Gasteiger partial charge is 0.325 e. The molecule has 21 heavy (non-hydrogen) atoms. The zero-order valence-electron chi connectivity index (χ0n) is 11.4. The van der Waals surface area contributed by atoms with Gasteiger partial charge in [0.05, 0.1) is 17.3 Å².